The van der Waals surface area contributed by atoms with Crippen LogP contribution in [0, 0.1) is 5.92 Å². The Morgan fingerprint density at radius 1 is 1.37 bits per heavy atom. The van der Waals surface area contributed by atoms with E-state index in [2.05, 4.69) is 9.97 Å². The Balaban J connectivity index is 2.20. The minimum atomic E-state index is -4.62. The van der Waals surface area contributed by atoms with Crippen LogP contribution in [-0.4, -0.2) is 36.6 Å². The van der Waals surface area contributed by atoms with Crippen LogP contribution in [0.2, 0.25) is 10.3 Å². The average Bonchev–Trinajstić information content (AvgIpc) is 2.54. The fraction of sp³-hybridized carbons (Fsp3) is 0.444. The summed E-state index contributed by atoms with van der Waals surface area (Å²) in [5.41, 5.74) is 0. The maximum absolute atomic E-state index is 12.6. The largest absolute Gasteiger partial charge is 0.302 e. The van der Waals surface area contributed by atoms with Gasteiger partial charge in [-0.3, -0.25) is 9.69 Å². The van der Waals surface area contributed by atoms with Crippen molar-refractivity contribution >= 4 is 45.3 Å². The average molecular weight is 328 g/mol. The number of aromatic nitrogens is 2. The van der Waals surface area contributed by atoms with Gasteiger partial charge in [-0.2, -0.15) is 8.42 Å². The molecule has 1 amide bonds. The van der Waals surface area contributed by atoms with Crippen LogP contribution in [0.25, 0.3) is 0 Å². The number of amides is 1. The van der Waals surface area contributed by atoms with Crippen LogP contribution in [0.1, 0.15) is 6.42 Å². The van der Waals surface area contributed by atoms with Crippen LogP contribution in [-0.2, 0) is 15.0 Å². The molecule has 19 heavy (non-hydrogen) atoms. The molecule has 0 aromatic carbocycles. The Hall–Kier alpha value is -0.990. The molecule has 2 heterocycles. The zero-order valence-electron chi connectivity index (χ0n) is 9.38. The number of carbonyl (C=O) groups is 1. The van der Waals surface area contributed by atoms with Gasteiger partial charge in [0.25, 0.3) is 0 Å². The highest BCUT2D eigenvalue weighted by Gasteiger charge is 2.35. The molecule has 0 spiro atoms. The first-order valence-electron chi connectivity index (χ1n) is 5.17. The van der Waals surface area contributed by atoms with E-state index in [1.165, 1.54) is 6.07 Å². The fourth-order valence-electron chi connectivity index (χ4n) is 1.87. The lowest BCUT2D eigenvalue weighted by Crippen LogP contribution is -2.27. The molecule has 1 aromatic heterocycles. The molecule has 2 rings (SSSR count). The van der Waals surface area contributed by atoms with E-state index in [4.69, 9.17) is 23.2 Å². The number of carbonyl (C=O) groups excluding carboxylic acids is 1. The SMILES string of the molecule is O=C1CC(CS(=O)(=O)F)CN1c1nc(Cl)cc(Cl)n1. The van der Waals surface area contributed by atoms with Crippen molar-refractivity contribution in [2.75, 3.05) is 17.2 Å². The summed E-state index contributed by atoms with van der Waals surface area (Å²) in [5.74, 6) is -1.75. The van der Waals surface area contributed by atoms with Gasteiger partial charge in [0.15, 0.2) is 0 Å². The number of anilines is 1. The number of hydrogen-bond acceptors (Lipinski definition) is 5. The van der Waals surface area contributed by atoms with E-state index in [0.29, 0.717) is 0 Å². The molecule has 1 aliphatic rings. The first-order valence-corrected chi connectivity index (χ1v) is 7.48. The second kappa shape index (κ2) is 5.18. The Bertz CT molecular complexity index is 605. The molecule has 1 aliphatic heterocycles. The van der Waals surface area contributed by atoms with Crippen molar-refractivity contribution in [3.63, 3.8) is 0 Å². The number of hydrogen-bond donors (Lipinski definition) is 0. The molecule has 0 radical (unpaired) electrons. The summed E-state index contributed by atoms with van der Waals surface area (Å²) < 4.78 is 33.7. The Morgan fingerprint density at radius 2 is 1.95 bits per heavy atom. The van der Waals surface area contributed by atoms with Crippen molar-refractivity contribution in [2.45, 2.75) is 6.42 Å². The fourth-order valence-corrected chi connectivity index (χ4v) is 3.07. The third-order valence-electron chi connectivity index (χ3n) is 2.53. The first kappa shape index (κ1) is 14.4. The van der Waals surface area contributed by atoms with E-state index in [1.54, 1.807) is 0 Å². The van der Waals surface area contributed by atoms with E-state index in [-0.39, 0.29) is 29.2 Å². The van der Waals surface area contributed by atoms with Crippen LogP contribution >= 0.6 is 23.2 Å². The molecule has 1 atom stereocenters. The summed E-state index contributed by atoms with van der Waals surface area (Å²) in [6.07, 6.45) is -0.0867. The molecule has 0 saturated carbocycles. The van der Waals surface area contributed by atoms with Gasteiger partial charge < -0.3 is 0 Å². The molecule has 0 aliphatic carbocycles. The molecule has 1 saturated heterocycles. The highest BCUT2D eigenvalue weighted by atomic mass is 35.5. The lowest BCUT2D eigenvalue weighted by molar-refractivity contribution is -0.117. The van der Waals surface area contributed by atoms with Gasteiger partial charge in [0.05, 0.1) is 5.75 Å². The highest BCUT2D eigenvalue weighted by Crippen LogP contribution is 2.25. The van der Waals surface area contributed by atoms with Gasteiger partial charge in [0.2, 0.25) is 11.9 Å². The quantitative estimate of drug-likeness (QED) is 0.619. The monoisotopic (exact) mass is 327 g/mol. The van der Waals surface area contributed by atoms with Gasteiger partial charge in [-0.15, -0.1) is 3.89 Å². The van der Waals surface area contributed by atoms with Crippen molar-refractivity contribution in [3.8, 4) is 0 Å². The summed E-state index contributed by atoms with van der Waals surface area (Å²) in [4.78, 5) is 20.5. The summed E-state index contributed by atoms with van der Waals surface area (Å²) in [6, 6.07) is 1.30. The molecule has 1 unspecified atom stereocenters. The van der Waals surface area contributed by atoms with E-state index in [1.807, 2.05) is 0 Å². The molecule has 1 aromatic rings. The van der Waals surface area contributed by atoms with Crippen LogP contribution in [0.4, 0.5) is 9.83 Å². The molecule has 6 nitrogen and oxygen atoms in total. The minimum Gasteiger partial charge on any atom is -0.280 e. The molecule has 0 N–H and O–H groups in total. The van der Waals surface area contributed by atoms with E-state index in [9.17, 15) is 17.1 Å². The van der Waals surface area contributed by atoms with Crippen molar-refractivity contribution in [3.05, 3.63) is 16.4 Å². The minimum absolute atomic E-state index is 0.0126. The number of nitrogens with zero attached hydrogens (tertiary/aromatic N) is 3. The molecule has 0 bridgehead atoms. The van der Waals surface area contributed by atoms with Crippen molar-refractivity contribution in [2.24, 2.45) is 5.92 Å². The van der Waals surface area contributed by atoms with E-state index >= 15 is 0 Å². The highest BCUT2D eigenvalue weighted by molar-refractivity contribution is 7.86. The zero-order valence-corrected chi connectivity index (χ0v) is 11.7. The Kier molecular flexibility index (Phi) is 3.93. The first-order chi connectivity index (χ1) is 8.74. The maximum atomic E-state index is 12.6. The van der Waals surface area contributed by atoms with Gasteiger partial charge in [0.1, 0.15) is 10.3 Å². The molecule has 10 heteroatoms. The van der Waals surface area contributed by atoms with Crippen molar-refractivity contribution in [1.29, 1.82) is 0 Å². The Morgan fingerprint density at radius 3 is 2.47 bits per heavy atom. The second-order valence-electron chi connectivity index (χ2n) is 4.09. The summed E-state index contributed by atoms with van der Waals surface area (Å²) in [6.45, 7) is 0.0126. The van der Waals surface area contributed by atoms with Gasteiger partial charge in [-0.1, -0.05) is 23.2 Å². The molecular formula is C9H8Cl2FN3O3S. The number of rotatable bonds is 3. The lowest BCUT2D eigenvalue weighted by Gasteiger charge is -2.14. The van der Waals surface area contributed by atoms with Crippen LogP contribution in [0.3, 0.4) is 0 Å². The summed E-state index contributed by atoms with van der Waals surface area (Å²) in [7, 11) is -4.62. The van der Waals surface area contributed by atoms with Gasteiger partial charge in [-0.05, 0) is 0 Å². The Labute approximate surface area is 118 Å². The van der Waals surface area contributed by atoms with Gasteiger partial charge in [-0.25, -0.2) is 9.97 Å². The molecular weight excluding hydrogens is 320 g/mol. The predicted molar refractivity (Wildman–Crippen MR) is 67.4 cm³/mol. The van der Waals surface area contributed by atoms with Crippen LogP contribution in [0.15, 0.2) is 6.07 Å². The van der Waals surface area contributed by atoms with E-state index < -0.39 is 27.8 Å². The summed E-state index contributed by atoms with van der Waals surface area (Å²) in [5, 5.41) is 0.119. The van der Waals surface area contributed by atoms with Crippen LogP contribution in [0.5, 0.6) is 0 Å². The summed E-state index contributed by atoms with van der Waals surface area (Å²) >= 11 is 11.4. The standard InChI is InChI=1S/C9H8Cl2FN3O3S/c10-6-2-7(11)14-9(13-6)15-3-5(1-8(15)16)4-19(12,17)18/h2,5H,1,3-4H2. The second-order valence-corrected chi connectivity index (χ2v) is 6.28. The van der Waals surface area contributed by atoms with Gasteiger partial charge in [0, 0.05) is 24.9 Å². The molecule has 1 fully saturated rings. The topological polar surface area (TPSA) is 80.2 Å². The zero-order chi connectivity index (χ0) is 14.2. The smallest absolute Gasteiger partial charge is 0.280 e. The lowest BCUT2D eigenvalue weighted by atomic mass is 10.1. The normalized spacial score (nSPS) is 20.1. The predicted octanol–water partition coefficient (Wildman–Crippen LogP) is 1.44. The van der Waals surface area contributed by atoms with Crippen LogP contribution < -0.4 is 4.90 Å². The van der Waals surface area contributed by atoms with Crippen molar-refractivity contribution in [1.82, 2.24) is 9.97 Å². The third kappa shape index (κ3) is 3.74. The molecule has 104 valence electrons. The van der Waals surface area contributed by atoms with Crippen molar-refractivity contribution < 1.29 is 17.1 Å². The van der Waals surface area contributed by atoms with Gasteiger partial charge >= 0.3 is 10.2 Å². The number of halogens is 3. The third-order valence-corrected chi connectivity index (χ3v) is 3.79. The van der Waals surface area contributed by atoms with E-state index in [0.717, 1.165) is 4.90 Å². The maximum Gasteiger partial charge on any atom is 0.302 e.